The molecule has 282 valence electrons. The highest BCUT2D eigenvalue weighted by atomic mass is 19.1. The number of alkyl halides is 1. The average molecular weight is 743 g/mol. The Balaban J connectivity index is 1.26. The Kier molecular flexibility index (Phi) is 9.21. The fourth-order valence-corrected chi connectivity index (χ4v) is 8.28. The Labute approximate surface area is 309 Å². The fraction of sp³-hybridized carbons (Fsp3) is 0.400. The third kappa shape index (κ3) is 6.51. The van der Waals surface area contributed by atoms with E-state index in [0.29, 0.717) is 35.7 Å². The van der Waals surface area contributed by atoms with Crippen molar-refractivity contribution in [1.82, 2.24) is 24.9 Å². The number of hydrogen-bond acceptors (Lipinski definition) is 10. The van der Waals surface area contributed by atoms with Gasteiger partial charge < -0.3 is 19.7 Å². The number of anilines is 1. The Morgan fingerprint density at radius 3 is 2.69 bits per heavy atom. The van der Waals surface area contributed by atoms with Gasteiger partial charge in [0, 0.05) is 31.3 Å². The fourth-order valence-electron chi connectivity index (χ4n) is 8.28. The van der Waals surface area contributed by atoms with Gasteiger partial charge in [0.25, 0.3) is 0 Å². The first kappa shape index (κ1) is 35.8. The van der Waals surface area contributed by atoms with Gasteiger partial charge in [0.2, 0.25) is 0 Å². The number of pyridine rings is 1. The van der Waals surface area contributed by atoms with Crippen molar-refractivity contribution in [3.63, 3.8) is 0 Å². The molecule has 0 bridgehead atoms. The molecule has 5 aromatic rings. The molecule has 3 aliphatic heterocycles. The van der Waals surface area contributed by atoms with E-state index >= 15 is 8.78 Å². The maximum absolute atomic E-state index is 17.2. The van der Waals surface area contributed by atoms with Gasteiger partial charge in [0.15, 0.2) is 11.6 Å². The van der Waals surface area contributed by atoms with E-state index in [1.807, 2.05) is 30.3 Å². The number of aryl methyl sites for hydroxylation is 1. The Morgan fingerprint density at radius 1 is 1.07 bits per heavy atom. The van der Waals surface area contributed by atoms with Gasteiger partial charge in [0.05, 0.1) is 23.1 Å². The van der Waals surface area contributed by atoms with Gasteiger partial charge in [-0.05, 0) is 79.3 Å². The van der Waals surface area contributed by atoms with Crippen LogP contribution in [0, 0.1) is 11.6 Å². The number of aliphatic hydroxyl groups is 1. The van der Waals surface area contributed by atoms with Gasteiger partial charge in [-0.2, -0.15) is 9.97 Å². The van der Waals surface area contributed by atoms with E-state index in [-0.39, 0.29) is 78.9 Å². The third-order valence-electron chi connectivity index (χ3n) is 10.9. The van der Waals surface area contributed by atoms with Crippen LogP contribution in [0.2, 0.25) is 0 Å². The predicted molar refractivity (Wildman–Crippen MR) is 196 cm³/mol. The molecule has 0 saturated carbocycles. The van der Waals surface area contributed by atoms with Gasteiger partial charge in [0.1, 0.15) is 42.2 Å². The van der Waals surface area contributed by atoms with Crippen molar-refractivity contribution in [2.24, 2.45) is 0 Å². The summed E-state index contributed by atoms with van der Waals surface area (Å²) in [5.74, 6) is -1.51. The molecule has 11 nitrogen and oxygen atoms in total. The number of hydrogen-bond donors (Lipinski definition) is 2. The van der Waals surface area contributed by atoms with Crippen molar-refractivity contribution in [1.29, 1.82) is 0 Å². The minimum atomic E-state index is -1.29. The maximum atomic E-state index is 17.2. The number of aromatic nitrogens is 3. The number of halogens is 3. The maximum Gasteiger partial charge on any atom is 0.429 e. The number of amides is 1. The standard InChI is InChI=1S/C40H41F3N6O5/c1-3-28-31(42)11-10-25-16-27(50)17-29(32(25)28)34-33(43)35-30(19-44-34)36(46-37(45-35)54-23-40-12-7-14-47(40)20-26(41)18-40)49-22-39(2,52)13-15-48(49)38(51)53-21-24-8-5-4-6-9-24/h4-6,8-11,16-17,19,26,50,52H,3,7,12-15,18,20-23H2,1-2H3/t26-,39?,40+/m1/s1. The number of nitrogens with zero attached hydrogens (tertiary/aromatic N) is 6. The number of hydrazine groups is 1. The number of carbonyl (C=O) groups is 1. The molecule has 0 aliphatic carbocycles. The quantitative estimate of drug-likeness (QED) is 0.174. The highest BCUT2D eigenvalue weighted by molar-refractivity contribution is 6.02. The number of β-amino-alcohol motifs (C(OH)–C–C–N with tert-alkyl or cyclic N) is 1. The zero-order chi connectivity index (χ0) is 37.8. The number of phenols is 1. The summed E-state index contributed by atoms with van der Waals surface area (Å²) in [5.41, 5.74) is -0.995. The van der Waals surface area contributed by atoms with Crippen LogP contribution in [-0.2, 0) is 17.8 Å². The number of aromatic hydroxyl groups is 1. The molecule has 54 heavy (non-hydrogen) atoms. The van der Waals surface area contributed by atoms with Crippen LogP contribution in [0.4, 0.5) is 23.8 Å². The molecular weight excluding hydrogens is 701 g/mol. The summed E-state index contributed by atoms with van der Waals surface area (Å²) in [6.45, 7) is 4.42. The van der Waals surface area contributed by atoms with Gasteiger partial charge in [-0.3, -0.25) is 14.9 Å². The summed E-state index contributed by atoms with van der Waals surface area (Å²) in [4.78, 5) is 29.5. The Hall–Kier alpha value is -5.21. The lowest BCUT2D eigenvalue weighted by atomic mass is 9.94. The lowest BCUT2D eigenvalue weighted by molar-refractivity contribution is -0.000130. The van der Waals surface area contributed by atoms with E-state index in [2.05, 4.69) is 14.9 Å². The van der Waals surface area contributed by atoms with Crippen molar-refractivity contribution in [3.05, 3.63) is 83.6 Å². The molecule has 3 fully saturated rings. The van der Waals surface area contributed by atoms with Gasteiger partial charge in [-0.1, -0.05) is 43.3 Å². The van der Waals surface area contributed by atoms with Crippen molar-refractivity contribution in [2.45, 2.75) is 69.9 Å². The summed E-state index contributed by atoms with van der Waals surface area (Å²) in [7, 11) is 0. The lowest BCUT2D eigenvalue weighted by Crippen LogP contribution is -2.59. The zero-order valence-corrected chi connectivity index (χ0v) is 30.1. The van der Waals surface area contributed by atoms with Crippen LogP contribution in [0.15, 0.2) is 60.8 Å². The van der Waals surface area contributed by atoms with Crippen LogP contribution in [0.3, 0.4) is 0 Å². The molecule has 5 heterocycles. The second-order valence-electron chi connectivity index (χ2n) is 14.8. The molecule has 1 amide bonds. The Morgan fingerprint density at radius 2 is 1.89 bits per heavy atom. The summed E-state index contributed by atoms with van der Waals surface area (Å²) in [5, 5.41) is 25.7. The minimum Gasteiger partial charge on any atom is -0.508 e. The van der Waals surface area contributed by atoms with Crippen LogP contribution >= 0.6 is 0 Å². The van der Waals surface area contributed by atoms with Crippen LogP contribution in [0.5, 0.6) is 11.8 Å². The first-order valence-corrected chi connectivity index (χ1v) is 18.3. The van der Waals surface area contributed by atoms with Gasteiger partial charge in [-0.15, -0.1) is 0 Å². The highest BCUT2D eigenvalue weighted by Crippen LogP contribution is 2.42. The normalized spacial score (nSPS) is 23.0. The van der Waals surface area contributed by atoms with Crippen LogP contribution in [0.25, 0.3) is 32.9 Å². The summed E-state index contributed by atoms with van der Waals surface area (Å²) in [6, 6.07) is 14.6. The summed E-state index contributed by atoms with van der Waals surface area (Å²) < 4.78 is 58.9. The molecule has 3 atom stereocenters. The van der Waals surface area contributed by atoms with Crippen LogP contribution < -0.4 is 9.75 Å². The second-order valence-corrected chi connectivity index (χ2v) is 14.8. The molecule has 0 spiro atoms. The topological polar surface area (TPSA) is 124 Å². The predicted octanol–water partition coefficient (Wildman–Crippen LogP) is 6.86. The van der Waals surface area contributed by atoms with E-state index in [4.69, 9.17) is 14.5 Å². The summed E-state index contributed by atoms with van der Waals surface area (Å²) in [6.07, 6.45) is 2.03. The number of carbonyl (C=O) groups excluding carboxylic acids is 1. The van der Waals surface area contributed by atoms with E-state index in [1.165, 1.54) is 40.5 Å². The molecule has 2 aromatic heterocycles. The number of phenolic OH excluding ortho intramolecular Hbond substituents is 1. The minimum absolute atomic E-state index is 0.00873. The van der Waals surface area contributed by atoms with E-state index in [0.717, 1.165) is 18.5 Å². The molecule has 1 unspecified atom stereocenters. The largest absolute Gasteiger partial charge is 0.508 e. The van der Waals surface area contributed by atoms with E-state index in [1.54, 1.807) is 13.8 Å². The van der Waals surface area contributed by atoms with Crippen molar-refractivity contribution >= 4 is 33.6 Å². The molecular formula is C40H41F3N6O5. The van der Waals surface area contributed by atoms with E-state index < -0.39 is 35.0 Å². The molecule has 3 aromatic carbocycles. The molecule has 3 aliphatic rings. The first-order chi connectivity index (χ1) is 25.9. The summed E-state index contributed by atoms with van der Waals surface area (Å²) >= 11 is 0. The number of fused-ring (bicyclic) bond motifs is 3. The second kappa shape index (κ2) is 13.9. The van der Waals surface area contributed by atoms with Gasteiger partial charge >= 0.3 is 12.1 Å². The lowest BCUT2D eigenvalue weighted by Gasteiger charge is -2.44. The smallest absolute Gasteiger partial charge is 0.429 e. The number of rotatable bonds is 8. The van der Waals surface area contributed by atoms with Crippen LogP contribution in [-0.4, -0.2) is 91.3 Å². The molecule has 0 radical (unpaired) electrons. The molecule has 2 N–H and O–H groups in total. The first-order valence-electron chi connectivity index (χ1n) is 18.3. The molecule has 3 saturated heterocycles. The number of benzene rings is 3. The Bertz CT molecular complexity index is 2240. The van der Waals surface area contributed by atoms with Crippen molar-refractivity contribution in [2.75, 3.05) is 37.8 Å². The SMILES string of the molecule is CCc1c(F)ccc2cc(O)cc(-c3ncc4c(N5CC(C)(O)CCN5C(=O)OCc5ccccc5)nc(OC[C@@]56CCCN5C[C@H](F)C6)nc4c3F)c12. The van der Waals surface area contributed by atoms with Crippen molar-refractivity contribution in [3.8, 4) is 23.0 Å². The highest BCUT2D eigenvalue weighted by Gasteiger charge is 2.49. The van der Waals surface area contributed by atoms with Gasteiger partial charge in [-0.25, -0.2) is 23.0 Å². The van der Waals surface area contributed by atoms with E-state index in [9.17, 15) is 19.4 Å². The molecule has 14 heteroatoms. The number of ether oxygens (including phenoxy) is 2. The average Bonchev–Trinajstić information content (AvgIpc) is 3.68. The van der Waals surface area contributed by atoms with Crippen molar-refractivity contribution < 1.29 is 37.7 Å². The third-order valence-corrected chi connectivity index (χ3v) is 10.9. The zero-order valence-electron chi connectivity index (χ0n) is 30.1. The monoisotopic (exact) mass is 742 g/mol. The molecule has 8 rings (SSSR count). The van der Waals surface area contributed by atoms with Crippen LogP contribution in [0.1, 0.15) is 50.7 Å².